The molecule has 6 heteroatoms. The third kappa shape index (κ3) is 4.56. The van der Waals surface area contributed by atoms with Crippen molar-refractivity contribution in [2.75, 3.05) is 46.3 Å². The average Bonchev–Trinajstić information content (AvgIpc) is 2.41. The van der Waals surface area contributed by atoms with Gasteiger partial charge >= 0.3 is 0 Å². The number of nitrogens with one attached hydrogen (secondary N) is 1. The Hall–Kier alpha value is -0.980. The summed E-state index contributed by atoms with van der Waals surface area (Å²) in [5, 5.41) is 2.93. The standard InChI is InChI=1S/C13H19BrN4O/c1-17-4-6-18(7-5-17)3-2-16-13(19)11-8-12(14)10-15-9-11/h8-10H,2-7H2,1H3,(H,16,19). The Morgan fingerprint density at radius 1 is 1.37 bits per heavy atom. The number of rotatable bonds is 4. The molecule has 5 nitrogen and oxygen atoms in total. The third-order valence-electron chi connectivity index (χ3n) is 3.28. The fraction of sp³-hybridized carbons (Fsp3) is 0.538. The van der Waals surface area contributed by atoms with Crippen LogP contribution in [0.25, 0.3) is 0 Å². The molecule has 19 heavy (non-hydrogen) atoms. The molecule has 0 spiro atoms. The number of amides is 1. The molecule has 1 aliphatic heterocycles. The van der Waals surface area contributed by atoms with E-state index in [4.69, 9.17) is 0 Å². The molecule has 0 aliphatic carbocycles. The summed E-state index contributed by atoms with van der Waals surface area (Å²) in [5.74, 6) is -0.0667. The fourth-order valence-electron chi connectivity index (χ4n) is 2.04. The van der Waals surface area contributed by atoms with Gasteiger partial charge in [0.2, 0.25) is 0 Å². The van der Waals surface area contributed by atoms with Gasteiger partial charge in [0.1, 0.15) is 0 Å². The summed E-state index contributed by atoms with van der Waals surface area (Å²) in [4.78, 5) is 20.6. The van der Waals surface area contributed by atoms with E-state index < -0.39 is 0 Å². The van der Waals surface area contributed by atoms with E-state index in [9.17, 15) is 4.79 Å². The van der Waals surface area contributed by atoms with Crippen molar-refractivity contribution in [2.45, 2.75) is 0 Å². The lowest BCUT2D eigenvalue weighted by atomic mass is 10.2. The third-order valence-corrected chi connectivity index (χ3v) is 3.71. The number of likely N-dealkylation sites (N-methyl/N-ethyl adjacent to an activating group) is 1. The summed E-state index contributed by atoms with van der Waals surface area (Å²) in [6.07, 6.45) is 3.25. The zero-order valence-corrected chi connectivity index (χ0v) is 12.7. The second kappa shape index (κ2) is 6.98. The Kier molecular flexibility index (Phi) is 5.30. The number of hydrogen-bond donors (Lipinski definition) is 1. The maximum Gasteiger partial charge on any atom is 0.252 e. The lowest BCUT2D eigenvalue weighted by Crippen LogP contribution is -2.46. The van der Waals surface area contributed by atoms with Gasteiger partial charge in [-0.3, -0.25) is 14.7 Å². The molecule has 1 aliphatic rings. The number of halogens is 1. The van der Waals surface area contributed by atoms with E-state index in [0.717, 1.165) is 37.2 Å². The van der Waals surface area contributed by atoms with Gasteiger partial charge in [0.05, 0.1) is 5.56 Å². The summed E-state index contributed by atoms with van der Waals surface area (Å²) < 4.78 is 0.819. The number of hydrogen-bond acceptors (Lipinski definition) is 4. The number of piperazine rings is 1. The molecule has 1 N–H and O–H groups in total. The predicted octanol–water partition coefficient (Wildman–Crippen LogP) is 0.821. The van der Waals surface area contributed by atoms with E-state index in [1.54, 1.807) is 18.5 Å². The highest BCUT2D eigenvalue weighted by molar-refractivity contribution is 9.10. The molecular weight excluding hydrogens is 308 g/mol. The van der Waals surface area contributed by atoms with E-state index in [-0.39, 0.29) is 5.91 Å². The van der Waals surface area contributed by atoms with Crippen LogP contribution < -0.4 is 5.32 Å². The van der Waals surface area contributed by atoms with Crippen LogP contribution >= 0.6 is 15.9 Å². The minimum atomic E-state index is -0.0667. The number of carbonyl (C=O) groups is 1. The van der Waals surface area contributed by atoms with Gasteiger partial charge in [-0.15, -0.1) is 0 Å². The lowest BCUT2D eigenvalue weighted by molar-refractivity contribution is 0.0940. The zero-order chi connectivity index (χ0) is 13.7. The van der Waals surface area contributed by atoms with Crippen LogP contribution in [0.4, 0.5) is 0 Å². The Morgan fingerprint density at radius 2 is 2.11 bits per heavy atom. The number of carbonyl (C=O) groups excluding carboxylic acids is 1. The van der Waals surface area contributed by atoms with Gasteiger partial charge < -0.3 is 10.2 Å². The number of nitrogens with zero attached hydrogens (tertiary/aromatic N) is 3. The van der Waals surface area contributed by atoms with Gasteiger partial charge in [-0.1, -0.05) is 0 Å². The molecule has 0 bridgehead atoms. The molecule has 1 saturated heterocycles. The van der Waals surface area contributed by atoms with Gasteiger partial charge in [-0.2, -0.15) is 0 Å². The van der Waals surface area contributed by atoms with Crippen LogP contribution in [-0.2, 0) is 0 Å². The van der Waals surface area contributed by atoms with Crippen LogP contribution in [0, 0.1) is 0 Å². The smallest absolute Gasteiger partial charge is 0.252 e. The van der Waals surface area contributed by atoms with E-state index in [1.807, 2.05) is 0 Å². The van der Waals surface area contributed by atoms with Gasteiger partial charge in [0, 0.05) is 56.1 Å². The molecule has 1 aromatic rings. The highest BCUT2D eigenvalue weighted by atomic mass is 79.9. The maximum atomic E-state index is 11.9. The Labute approximate surface area is 122 Å². The first-order chi connectivity index (χ1) is 9.15. The van der Waals surface area contributed by atoms with Gasteiger partial charge in [-0.05, 0) is 29.0 Å². The molecule has 2 heterocycles. The quantitative estimate of drug-likeness (QED) is 0.890. The summed E-state index contributed by atoms with van der Waals surface area (Å²) >= 11 is 3.31. The Bertz CT molecular complexity index is 432. The Balaban J connectivity index is 1.72. The normalized spacial score (nSPS) is 17.4. The van der Waals surface area contributed by atoms with Crippen molar-refractivity contribution < 1.29 is 4.79 Å². The van der Waals surface area contributed by atoms with Crippen LogP contribution in [-0.4, -0.2) is 67.0 Å². The molecule has 104 valence electrons. The Morgan fingerprint density at radius 3 is 2.79 bits per heavy atom. The van der Waals surface area contributed by atoms with E-state index in [1.165, 1.54) is 0 Å². The lowest BCUT2D eigenvalue weighted by Gasteiger charge is -2.32. The number of pyridine rings is 1. The molecule has 0 saturated carbocycles. The molecule has 0 aromatic carbocycles. The fourth-order valence-corrected chi connectivity index (χ4v) is 2.40. The van der Waals surface area contributed by atoms with Crippen molar-refractivity contribution in [3.05, 3.63) is 28.5 Å². The molecule has 0 atom stereocenters. The second-order valence-electron chi connectivity index (χ2n) is 4.79. The first-order valence-electron chi connectivity index (χ1n) is 6.45. The summed E-state index contributed by atoms with van der Waals surface area (Å²) in [6, 6.07) is 1.78. The summed E-state index contributed by atoms with van der Waals surface area (Å²) in [6.45, 7) is 5.93. The second-order valence-corrected chi connectivity index (χ2v) is 5.71. The minimum Gasteiger partial charge on any atom is -0.351 e. The highest BCUT2D eigenvalue weighted by Gasteiger charge is 2.13. The van der Waals surface area contributed by atoms with Gasteiger partial charge in [-0.25, -0.2) is 0 Å². The first-order valence-corrected chi connectivity index (χ1v) is 7.24. The van der Waals surface area contributed by atoms with Crippen molar-refractivity contribution in [1.29, 1.82) is 0 Å². The van der Waals surface area contributed by atoms with Crippen molar-refractivity contribution >= 4 is 21.8 Å². The summed E-state index contributed by atoms with van der Waals surface area (Å²) in [7, 11) is 2.14. The highest BCUT2D eigenvalue weighted by Crippen LogP contribution is 2.09. The van der Waals surface area contributed by atoms with E-state index >= 15 is 0 Å². The molecule has 0 radical (unpaired) electrons. The van der Waals surface area contributed by atoms with Crippen LogP contribution in [0.5, 0.6) is 0 Å². The molecule has 1 amide bonds. The van der Waals surface area contributed by atoms with Crippen molar-refractivity contribution in [2.24, 2.45) is 0 Å². The summed E-state index contributed by atoms with van der Waals surface area (Å²) in [5.41, 5.74) is 0.591. The first kappa shape index (κ1) is 14.4. The van der Waals surface area contributed by atoms with Crippen molar-refractivity contribution in [1.82, 2.24) is 20.1 Å². The van der Waals surface area contributed by atoms with Crippen molar-refractivity contribution in [3.8, 4) is 0 Å². The van der Waals surface area contributed by atoms with E-state index in [2.05, 4.69) is 43.1 Å². The van der Waals surface area contributed by atoms with Crippen LogP contribution in [0.2, 0.25) is 0 Å². The largest absolute Gasteiger partial charge is 0.351 e. The molecule has 1 aromatic heterocycles. The number of aromatic nitrogens is 1. The molecule has 2 rings (SSSR count). The molecule has 0 unspecified atom stereocenters. The molecular formula is C13H19BrN4O. The zero-order valence-electron chi connectivity index (χ0n) is 11.1. The van der Waals surface area contributed by atoms with Crippen LogP contribution in [0.3, 0.4) is 0 Å². The van der Waals surface area contributed by atoms with E-state index in [0.29, 0.717) is 12.1 Å². The average molecular weight is 327 g/mol. The maximum absolute atomic E-state index is 11.9. The SMILES string of the molecule is CN1CCN(CCNC(=O)c2cncc(Br)c2)CC1. The monoisotopic (exact) mass is 326 g/mol. The van der Waals surface area contributed by atoms with Crippen LogP contribution in [0.15, 0.2) is 22.9 Å². The van der Waals surface area contributed by atoms with Crippen LogP contribution in [0.1, 0.15) is 10.4 Å². The van der Waals surface area contributed by atoms with Gasteiger partial charge in [0.15, 0.2) is 0 Å². The van der Waals surface area contributed by atoms with Gasteiger partial charge in [0.25, 0.3) is 5.91 Å². The predicted molar refractivity (Wildman–Crippen MR) is 78.2 cm³/mol. The minimum absolute atomic E-state index is 0.0667. The topological polar surface area (TPSA) is 48.5 Å². The van der Waals surface area contributed by atoms with Crippen molar-refractivity contribution in [3.63, 3.8) is 0 Å². The molecule has 1 fully saturated rings.